The average molecular weight is 208 g/mol. The Hall–Kier alpha value is -1.91. The summed E-state index contributed by atoms with van der Waals surface area (Å²) < 4.78 is 0. The molecule has 0 fully saturated rings. The maximum Gasteiger partial charge on any atom is 0.269 e. The van der Waals surface area contributed by atoms with Gasteiger partial charge >= 0.3 is 0 Å². The Morgan fingerprint density at radius 2 is 1.93 bits per heavy atom. The molecular formula is C10H12N2O3. The molecule has 80 valence electrons. The van der Waals surface area contributed by atoms with Crippen LogP contribution in [0.4, 0.5) is 5.69 Å². The summed E-state index contributed by atoms with van der Waals surface area (Å²) in [6, 6.07) is 5.59. The van der Waals surface area contributed by atoms with E-state index in [-0.39, 0.29) is 11.6 Å². The second kappa shape index (κ2) is 4.54. The largest absolute Gasteiger partial charge is 0.342 e. The number of nitrogens with zero attached hydrogens (tertiary/aromatic N) is 2. The highest BCUT2D eigenvalue weighted by Gasteiger charge is 2.11. The lowest BCUT2D eigenvalue weighted by Gasteiger charge is -2.13. The zero-order valence-corrected chi connectivity index (χ0v) is 8.64. The van der Waals surface area contributed by atoms with Crippen molar-refractivity contribution < 1.29 is 9.72 Å². The van der Waals surface area contributed by atoms with Crippen LogP contribution in [0.15, 0.2) is 24.3 Å². The third-order valence-corrected chi connectivity index (χ3v) is 2.15. The van der Waals surface area contributed by atoms with Crippen molar-refractivity contribution in [3.63, 3.8) is 0 Å². The Morgan fingerprint density at radius 3 is 2.33 bits per heavy atom. The van der Waals surface area contributed by atoms with Gasteiger partial charge in [-0.25, -0.2) is 0 Å². The molecule has 1 rings (SSSR count). The minimum atomic E-state index is -0.488. The molecule has 1 amide bonds. The highest BCUT2D eigenvalue weighted by Crippen LogP contribution is 2.12. The molecule has 0 radical (unpaired) electrons. The number of carbonyl (C=O) groups excluding carboxylic acids is 1. The van der Waals surface area contributed by atoms with E-state index in [9.17, 15) is 14.9 Å². The van der Waals surface area contributed by atoms with Crippen molar-refractivity contribution in [2.45, 2.75) is 6.92 Å². The van der Waals surface area contributed by atoms with Gasteiger partial charge in [-0.2, -0.15) is 0 Å². The van der Waals surface area contributed by atoms with E-state index in [1.165, 1.54) is 24.3 Å². The Morgan fingerprint density at radius 1 is 1.40 bits per heavy atom. The number of non-ortho nitro benzene ring substituents is 1. The Labute approximate surface area is 87.5 Å². The molecule has 0 bridgehead atoms. The third kappa shape index (κ3) is 2.52. The first-order chi connectivity index (χ1) is 7.06. The monoisotopic (exact) mass is 208 g/mol. The molecule has 0 heterocycles. The molecule has 0 aliphatic heterocycles. The number of hydrogen-bond donors (Lipinski definition) is 0. The van der Waals surface area contributed by atoms with Gasteiger partial charge in [0.25, 0.3) is 11.6 Å². The van der Waals surface area contributed by atoms with Crippen LogP contribution >= 0.6 is 0 Å². The van der Waals surface area contributed by atoms with E-state index >= 15 is 0 Å². The second-order valence-corrected chi connectivity index (χ2v) is 3.12. The van der Waals surface area contributed by atoms with Gasteiger partial charge in [0.15, 0.2) is 0 Å². The van der Waals surface area contributed by atoms with Crippen LogP contribution in [0.25, 0.3) is 0 Å². The van der Waals surface area contributed by atoms with Gasteiger partial charge in [-0.3, -0.25) is 14.9 Å². The van der Waals surface area contributed by atoms with Crippen molar-refractivity contribution in [1.29, 1.82) is 0 Å². The predicted octanol–water partition coefficient (Wildman–Crippen LogP) is 1.69. The molecule has 0 atom stereocenters. The Balaban J connectivity index is 2.89. The van der Waals surface area contributed by atoms with E-state index in [2.05, 4.69) is 0 Å². The molecule has 5 nitrogen and oxygen atoms in total. The van der Waals surface area contributed by atoms with Gasteiger partial charge < -0.3 is 4.90 Å². The summed E-state index contributed by atoms with van der Waals surface area (Å²) in [6.45, 7) is 2.47. The summed E-state index contributed by atoms with van der Waals surface area (Å²) in [5.41, 5.74) is 0.454. The second-order valence-electron chi connectivity index (χ2n) is 3.12. The van der Waals surface area contributed by atoms with Crippen molar-refractivity contribution in [3.8, 4) is 0 Å². The summed E-state index contributed by atoms with van der Waals surface area (Å²) in [6.07, 6.45) is 0. The maximum absolute atomic E-state index is 11.6. The maximum atomic E-state index is 11.6. The molecule has 0 aromatic heterocycles. The van der Waals surface area contributed by atoms with Crippen molar-refractivity contribution in [2.75, 3.05) is 13.6 Å². The number of amides is 1. The molecule has 1 aromatic rings. The van der Waals surface area contributed by atoms with E-state index in [0.717, 1.165) is 0 Å². The molecule has 0 saturated carbocycles. The van der Waals surface area contributed by atoms with E-state index < -0.39 is 4.92 Å². The van der Waals surface area contributed by atoms with Gasteiger partial charge in [0, 0.05) is 31.3 Å². The van der Waals surface area contributed by atoms with Gasteiger partial charge in [0.1, 0.15) is 0 Å². The van der Waals surface area contributed by atoms with Gasteiger partial charge in [0.2, 0.25) is 0 Å². The molecule has 5 heteroatoms. The molecule has 0 saturated heterocycles. The Bertz CT molecular complexity index is 373. The minimum absolute atomic E-state index is 0.00861. The lowest BCUT2D eigenvalue weighted by Crippen LogP contribution is -2.26. The van der Waals surface area contributed by atoms with Gasteiger partial charge in [-0.1, -0.05) is 0 Å². The van der Waals surface area contributed by atoms with E-state index in [1.807, 2.05) is 6.92 Å². The first kappa shape index (κ1) is 11.2. The van der Waals surface area contributed by atoms with Crippen molar-refractivity contribution in [3.05, 3.63) is 39.9 Å². The lowest BCUT2D eigenvalue weighted by molar-refractivity contribution is -0.384. The van der Waals surface area contributed by atoms with Crippen LogP contribution in [-0.2, 0) is 0 Å². The smallest absolute Gasteiger partial charge is 0.269 e. The zero-order chi connectivity index (χ0) is 11.4. The van der Waals surface area contributed by atoms with Crippen LogP contribution in [0, 0.1) is 10.1 Å². The van der Waals surface area contributed by atoms with Gasteiger partial charge in [-0.05, 0) is 19.1 Å². The fourth-order valence-corrected chi connectivity index (χ4v) is 1.09. The molecule has 0 aliphatic carbocycles. The topological polar surface area (TPSA) is 63.5 Å². The number of carbonyl (C=O) groups is 1. The fourth-order valence-electron chi connectivity index (χ4n) is 1.09. The first-order valence-corrected chi connectivity index (χ1v) is 4.56. The Kier molecular flexibility index (Phi) is 3.38. The van der Waals surface area contributed by atoms with E-state index in [1.54, 1.807) is 11.9 Å². The van der Waals surface area contributed by atoms with E-state index in [4.69, 9.17) is 0 Å². The van der Waals surface area contributed by atoms with Crippen LogP contribution < -0.4 is 0 Å². The summed E-state index contributed by atoms with van der Waals surface area (Å²) in [7, 11) is 1.68. The fraction of sp³-hybridized carbons (Fsp3) is 0.300. The van der Waals surface area contributed by atoms with Gasteiger partial charge in [0.05, 0.1) is 4.92 Å². The van der Waals surface area contributed by atoms with Crippen LogP contribution in [0.5, 0.6) is 0 Å². The number of rotatable bonds is 3. The SMILES string of the molecule is CCN(C)C(=O)c1ccc([N+](=O)[O-])cc1. The van der Waals surface area contributed by atoms with Crippen LogP contribution in [0.3, 0.4) is 0 Å². The average Bonchev–Trinajstić information content (AvgIpc) is 2.27. The molecule has 0 spiro atoms. The minimum Gasteiger partial charge on any atom is -0.342 e. The normalized spacial score (nSPS) is 9.73. The number of benzene rings is 1. The molecular weight excluding hydrogens is 196 g/mol. The van der Waals surface area contributed by atoms with Gasteiger partial charge in [-0.15, -0.1) is 0 Å². The van der Waals surface area contributed by atoms with Crippen molar-refractivity contribution in [2.24, 2.45) is 0 Å². The van der Waals surface area contributed by atoms with Crippen molar-refractivity contribution in [1.82, 2.24) is 4.90 Å². The highest BCUT2D eigenvalue weighted by molar-refractivity contribution is 5.94. The van der Waals surface area contributed by atoms with Crippen LogP contribution in [0.1, 0.15) is 17.3 Å². The van der Waals surface area contributed by atoms with Crippen LogP contribution in [0.2, 0.25) is 0 Å². The third-order valence-electron chi connectivity index (χ3n) is 2.15. The summed E-state index contributed by atoms with van der Waals surface area (Å²) in [5.74, 6) is -0.132. The quantitative estimate of drug-likeness (QED) is 0.560. The standard InChI is InChI=1S/C10H12N2O3/c1-3-11(2)10(13)8-4-6-9(7-5-8)12(14)15/h4-7H,3H2,1-2H3. The summed E-state index contributed by atoms with van der Waals surface area (Å²) >= 11 is 0. The molecule has 0 N–H and O–H groups in total. The summed E-state index contributed by atoms with van der Waals surface area (Å²) in [5, 5.41) is 10.4. The first-order valence-electron chi connectivity index (χ1n) is 4.56. The predicted molar refractivity (Wildman–Crippen MR) is 55.7 cm³/mol. The summed E-state index contributed by atoms with van der Waals surface area (Å²) in [4.78, 5) is 23.0. The zero-order valence-electron chi connectivity index (χ0n) is 8.64. The highest BCUT2D eigenvalue weighted by atomic mass is 16.6. The molecule has 0 aliphatic rings. The number of hydrogen-bond acceptors (Lipinski definition) is 3. The van der Waals surface area contributed by atoms with Crippen LogP contribution in [-0.4, -0.2) is 29.3 Å². The molecule has 15 heavy (non-hydrogen) atoms. The number of nitro groups is 1. The molecule has 0 unspecified atom stereocenters. The lowest BCUT2D eigenvalue weighted by atomic mass is 10.2. The molecule has 1 aromatic carbocycles. The number of nitro benzene ring substituents is 1. The van der Waals surface area contributed by atoms with E-state index in [0.29, 0.717) is 12.1 Å². The van der Waals surface area contributed by atoms with Crippen molar-refractivity contribution >= 4 is 11.6 Å².